The number of likely N-dealkylation sites (N-methyl/N-ethyl adjacent to an activating group) is 1. The number of hydrogen-bond donors (Lipinski definition) is 2. The van der Waals surface area contributed by atoms with Crippen molar-refractivity contribution in [3.8, 4) is 0 Å². The largest absolute Gasteiger partial charge is 0.373 e. The number of fused-ring (bicyclic) bond motifs is 2. The lowest BCUT2D eigenvalue weighted by Gasteiger charge is -2.35. The van der Waals surface area contributed by atoms with Crippen molar-refractivity contribution in [2.45, 2.75) is 58.3 Å². The van der Waals surface area contributed by atoms with Gasteiger partial charge in [-0.25, -0.2) is 0 Å². The van der Waals surface area contributed by atoms with Crippen molar-refractivity contribution in [3.05, 3.63) is 0 Å². The first kappa shape index (κ1) is 18.9. The lowest BCUT2D eigenvalue weighted by molar-refractivity contribution is 0.0992. The van der Waals surface area contributed by atoms with Crippen LogP contribution in [0.4, 0.5) is 0 Å². The number of nitrogens with zero attached hydrogens (tertiary/aromatic N) is 3. The number of nitrogens with one attached hydrogen (secondary N) is 2. The van der Waals surface area contributed by atoms with Gasteiger partial charge in [0.2, 0.25) is 0 Å². The molecule has 0 aromatic rings. The standard InChI is InChI=1S/C19H37N5O/c1-4-20-19(22-17-12-16-6-7-18(17)25-16)21-13-15(3)14-24-10-8-23(5-2)9-11-24/h15-18H,4-14H2,1-3H3,(H2,20,21,22). The molecule has 3 aliphatic heterocycles. The van der Waals surface area contributed by atoms with Crippen LogP contribution in [0.5, 0.6) is 0 Å². The zero-order chi connectivity index (χ0) is 17.6. The molecule has 6 nitrogen and oxygen atoms in total. The molecule has 4 atom stereocenters. The van der Waals surface area contributed by atoms with E-state index in [2.05, 4.69) is 41.2 Å². The maximum Gasteiger partial charge on any atom is 0.191 e. The van der Waals surface area contributed by atoms with Crippen molar-refractivity contribution >= 4 is 5.96 Å². The summed E-state index contributed by atoms with van der Waals surface area (Å²) in [6, 6.07) is 0.439. The Bertz CT molecular complexity index is 436. The van der Waals surface area contributed by atoms with Crippen LogP contribution >= 0.6 is 0 Å². The zero-order valence-corrected chi connectivity index (χ0v) is 16.3. The summed E-state index contributed by atoms with van der Waals surface area (Å²) in [4.78, 5) is 9.98. The third-order valence-electron chi connectivity index (χ3n) is 5.82. The summed E-state index contributed by atoms with van der Waals surface area (Å²) in [6.07, 6.45) is 4.43. The molecule has 0 aromatic carbocycles. The van der Waals surface area contributed by atoms with Crippen LogP contribution in [0, 0.1) is 5.92 Å². The van der Waals surface area contributed by atoms with Gasteiger partial charge in [-0.05, 0) is 38.6 Å². The van der Waals surface area contributed by atoms with Gasteiger partial charge in [0.25, 0.3) is 0 Å². The highest BCUT2D eigenvalue weighted by Crippen LogP contribution is 2.34. The Morgan fingerprint density at radius 2 is 1.92 bits per heavy atom. The molecule has 0 spiro atoms. The fourth-order valence-electron chi connectivity index (χ4n) is 4.32. The fourth-order valence-corrected chi connectivity index (χ4v) is 4.32. The topological polar surface area (TPSA) is 52.1 Å². The highest BCUT2D eigenvalue weighted by atomic mass is 16.5. The number of piperazine rings is 1. The molecule has 25 heavy (non-hydrogen) atoms. The van der Waals surface area contributed by atoms with E-state index in [0.717, 1.165) is 32.0 Å². The van der Waals surface area contributed by atoms with Gasteiger partial charge < -0.3 is 25.2 Å². The predicted octanol–water partition coefficient (Wildman–Crippen LogP) is 1.14. The summed E-state index contributed by atoms with van der Waals surface area (Å²) in [6.45, 7) is 15.6. The first-order valence-corrected chi connectivity index (χ1v) is 10.3. The summed E-state index contributed by atoms with van der Waals surface area (Å²) < 4.78 is 5.95. The molecule has 0 radical (unpaired) electrons. The summed E-state index contributed by atoms with van der Waals surface area (Å²) in [5.74, 6) is 1.55. The normalized spacial score (nSPS) is 32.1. The third kappa shape index (κ3) is 5.31. The molecule has 6 heteroatoms. The summed E-state index contributed by atoms with van der Waals surface area (Å²) in [7, 11) is 0. The number of ether oxygens (including phenoxy) is 1. The monoisotopic (exact) mass is 351 g/mol. The van der Waals surface area contributed by atoms with Gasteiger partial charge in [-0.2, -0.15) is 0 Å². The Morgan fingerprint density at radius 3 is 2.52 bits per heavy atom. The van der Waals surface area contributed by atoms with E-state index >= 15 is 0 Å². The van der Waals surface area contributed by atoms with Crippen LogP contribution in [-0.4, -0.2) is 86.4 Å². The van der Waals surface area contributed by atoms with Crippen LogP contribution < -0.4 is 10.6 Å². The van der Waals surface area contributed by atoms with E-state index in [9.17, 15) is 0 Å². The second kappa shape index (κ2) is 9.19. The fraction of sp³-hybridized carbons (Fsp3) is 0.947. The van der Waals surface area contributed by atoms with E-state index in [-0.39, 0.29) is 0 Å². The molecule has 3 fully saturated rings. The highest BCUT2D eigenvalue weighted by Gasteiger charge is 2.41. The van der Waals surface area contributed by atoms with Crippen molar-refractivity contribution < 1.29 is 4.74 Å². The summed E-state index contributed by atoms with van der Waals surface area (Å²) in [5.41, 5.74) is 0. The van der Waals surface area contributed by atoms with Crippen molar-refractivity contribution in [1.82, 2.24) is 20.4 Å². The van der Waals surface area contributed by atoms with E-state index in [1.54, 1.807) is 0 Å². The Hall–Kier alpha value is -0.850. The van der Waals surface area contributed by atoms with Crippen LogP contribution in [0.15, 0.2) is 4.99 Å². The first-order chi connectivity index (χ1) is 12.2. The van der Waals surface area contributed by atoms with Crippen LogP contribution in [-0.2, 0) is 4.74 Å². The zero-order valence-electron chi connectivity index (χ0n) is 16.3. The molecule has 0 amide bonds. The average molecular weight is 352 g/mol. The van der Waals surface area contributed by atoms with Crippen LogP contribution in [0.1, 0.15) is 40.0 Å². The van der Waals surface area contributed by atoms with E-state index in [1.807, 2.05) is 0 Å². The smallest absolute Gasteiger partial charge is 0.191 e. The molecule has 3 heterocycles. The van der Waals surface area contributed by atoms with Gasteiger partial charge in [0, 0.05) is 45.8 Å². The lowest BCUT2D eigenvalue weighted by Crippen LogP contribution is -2.48. The predicted molar refractivity (Wildman–Crippen MR) is 103 cm³/mol. The first-order valence-electron chi connectivity index (χ1n) is 10.3. The van der Waals surface area contributed by atoms with Gasteiger partial charge in [0.05, 0.1) is 18.2 Å². The Morgan fingerprint density at radius 1 is 1.16 bits per heavy atom. The average Bonchev–Trinajstić information content (AvgIpc) is 3.23. The molecule has 2 bridgehead atoms. The Labute approximate surface area is 153 Å². The minimum Gasteiger partial charge on any atom is -0.373 e. The number of guanidine groups is 1. The van der Waals surface area contributed by atoms with Gasteiger partial charge in [-0.15, -0.1) is 0 Å². The molecule has 3 aliphatic rings. The van der Waals surface area contributed by atoms with Crippen LogP contribution in [0.2, 0.25) is 0 Å². The second-order valence-electron chi connectivity index (χ2n) is 7.92. The van der Waals surface area contributed by atoms with Gasteiger partial charge in [-0.3, -0.25) is 4.99 Å². The molecular formula is C19H37N5O. The van der Waals surface area contributed by atoms with Crippen molar-refractivity contribution in [3.63, 3.8) is 0 Å². The van der Waals surface area contributed by atoms with Crippen LogP contribution in [0.25, 0.3) is 0 Å². The van der Waals surface area contributed by atoms with E-state index in [1.165, 1.54) is 45.6 Å². The molecule has 144 valence electrons. The molecule has 0 aromatic heterocycles. The van der Waals surface area contributed by atoms with Gasteiger partial charge in [0.15, 0.2) is 5.96 Å². The SMILES string of the molecule is CCNC(=NCC(C)CN1CCN(CC)CC1)NC1CC2CCC1O2. The van der Waals surface area contributed by atoms with E-state index < -0.39 is 0 Å². The van der Waals surface area contributed by atoms with Crippen molar-refractivity contribution in [2.75, 3.05) is 52.4 Å². The highest BCUT2D eigenvalue weighted by molar-refractivity contribution is 5.80. The Balaban J connectivity index is 1.42. The minimum absolute atomic E-state index is 0.390. The van der Waals surface area contributed by atoms with Crippen molar-refractivity contribution in [2.24, 2.45) is 10.9 Å². The molecule has 0 saturated carbocycles. The summed E-state index contributed by atoms with van der Waals surface area (Å²) in [5, 5.41) is 7.02. The summed E-state index contributed by atoms with van der Waals surface area (Å²) >= 11 is 0. The molecule has 3 saturated heterocycles. The maximum absolute atomic E-state index is 5.95. The second-order valence-corrected chi connectivity index (χ2v) is 7.92. The molecule has 4 unspecified atom stereocenters. The molecule has 0 aliphatic carbocycles. The van der Waals surface area contributed by atoms with Crippen molar-refractivity contribution in [1.29, 1.82) is 0 Å². The maximum atomic E-state index is 5.95. The number of rotatable bonds is 7. The minimum atomic E-state index is 0.390. The third-order valence-corrected chi connectivity index (χ3v) is 5.82. The van der Waals surface area contributed by atoms with Gasteiger partial charge in [-0.1, -0.05) is 13.8 Å². The quantitative estimate of drug-likeness (QED) is 0.532. The van der Waals surface area contributed by atoms with E-state index in [4.69, 9.17) is 9.73 Å². The van der Waals surface area contributed by atoms with Crippen LogP contribution in [0.3, 0.4) is 0 Å². The Kier molecular flexibility index (Phi) is 6.96. The van der Waals surface area contributed by atoms with E-state index in [0.29, 0.717) is 24.2 Å². The number of hydrogen-bond acceptors (Lipinski definition) is 4. The van der Waals surface area contributed by atoms with Gasteiger partial charge >= 0.3 is 0 Å². The van der Waals surface area contributed by atoms with Gasteiger partial charge in [0.1, 0.15) is 0 Å². The lowest BCUT2D eigenvalue weighted by atomic mass is 9.96. The molecule has 2 N–H and O–H groups in total. The molecule has 3 rings (SSSR count). The number of aliphatic imine (C=N–C) groups is 1. The molecular weight excluding hydrogens is 314 g/mol.